The van der Waals surface area contributed by atoms with Gasteiger partial charge in [0.2, 0.25) is 0 Å². The van der Waals surface area contributed by atoms with Crippen molar-refractivity contribution in [3.8, 4) is 0 Å². The van der Waals surface area contributed by atoms with Crippen LogP contribution >= 0.6 is 0 Å². The van der Waals surface area contributed by atoms with Gasteiger partial charge in [-0.15, -0.1) is 6.58 Å². The molecule has 0 atom stereocenters. The Morgan fingerprint density at radius 3 is 3.17 bits per heavy atom. The van der Waals surface area contributed by atoms with Gasteiger partial charge in [0.05, 0.1) is 0 Å². The maximum atomic E-state index is 4.21. The first kappa shape index (κ1) is 9.00. The molecular formula is C9H15N3. The van der Waals surface area contributed by atoms with Crippen molar-refractivity contribution in [3.63, 3.8) is 0 Å². The Morgan fingerprint density at radius 2 is 2.58 bits per heavy atom. The lowest BCUT2D eigenvalue weighted by molar-refractivity contribution is 0.693. The normalized spacial score (nSPS) is 10.1. The van der Waals surface area contributed by atoms with E-state index in [1.165, 1.54) is 0 Å². The lowest BCUT2D eigenvalue weighted by Gasteiger charge is -2.01. The summed E-state index contributed by atoms with van der Waals surface area (Å²) < 4.78 is 2.04. The van der Waals surface area contributed by atoms with Gasteiger partial charge in [0, 0.05) is 39.0 Å². The van der Waals surface area contributed by atoms with Crippen molar-refractivity contribution in [2.45, 2.75) is 6.42 Å². The van der Waals surface area contributed by atoms with Crippen molar-refractivity contribution in [1.29, 1.82) is 0 Å². The van der Waals surface area contributed by atoms with Gasteiger partial charge in [-0.25, -0.2) is 4.98 Å². The summed E-state index contributed by atoms with van der Waals surface area (Å²) in [6.45, 7) is 5.45. The van der Waals surface area contributed by atoms with E-state index < -0.39 is 0 Å². The molecule has 3 nitrogen and oxygen atoms in total. The molecule has 0 amide bonds. The first-order valence-electron chi connectivity index (χ1n) is 4.12. The number of hydrogen-bond donors (Lipinski definition) is 1. The van der Waals surface area contributed by atoms with E-state index in [0.717, 1.165) is 25.3 Å². The highest BCUT2D eigenvalue weighted by molar-refractivity contribution is 4.91. The Labute approximate surface area is 73.1 Å². The maximum absolute atomic E-state index is 4.21. The summed E-state index contributed by atoms with van der Waals surface area (Å²) in [4.78, 5) is 4.21. The number of aromatic nitrogens is 2. The van der Waals surface area contributed by atoms with E-state index in [1.54, 1.807) is 0 Å². The lowest BCUT2D eigenvalue weighted by atomic mass is 10.4. The zero-order valence-corrected chi connectivity index (χ0v) is 7.45. The molecule has 0 fully saturated rings. The molecule has 12 heavy (non-hydrogen) atoms. The number of hydrogen-bond acceptors (Lipinski definition) is 2. The predicted molar refractivity (Wildman–Crippen MR) is 50.0 cm³/mol. The van der Waals surface area contributed by atoms with Crippen LogP contribution in [0.15, 0.2) is 25.0 Å². The van der Waals surface area contributed by atoms with Gasteiger partial charge in [0.25, 0.3) is 0 Å². The van der Waals surface area contributed by atoms with E-state index in [0.29, 0.717) is 0 Å². The molecule has 0 radical (unpaired) electrons. The van der Waals surface area contributed by atoms with Gasteiger partial charge in [-0.1, -0.05) is 6.08 Å². The molecule has 0 aromatic carbocycles. The Morgan fingerprint density at radius 1 is 1.75 bits per heavy atom. The molecule has 0 bridgehead atoms. The molecule has 0 aliphatic heterocycles. The summed E-state index contributed by atoms with van der Waals surface area (Å²) in [5, 5.41) is 3.23. The zero-order chi connectivity index (χ0) is 8.81. The molecule has 0 spiro atoms. The Hall–Kier alpha value is -1.09. The molecular weight excluding hydrogens is 150 g/mol. The first-order valence-corrected chi connectivity index (χ1v) is 4.12. The Bertz CT molecular complexity index is 240. The second kappa shape index (κ2) is 4.72. The first-order chi connectivity index (χ1) is 5.84. The van der Waals surface area contributed by atoms with Gasteiger partial charge in [0.1, 0.15) is 5.82 Å². The maximum Gasteiger partial charge on any atom is 0.109 e. The molecule has 1 aromatic rings. The van der Waals surface area contributed by atoms with Gasteiger partial charge in [-0.3, -0.25) is 0 Å². The number of aryl methyl sites for hydroxylation is 1. The average molecular weight is 165 g/mol. The molecule has 1 heterocycles. The highest BCUT2D eigenvalue weighted by Gasteiger charge is 1.96. The minimum absolute atomic E-state index is 0.865. The molecule has 0 aliphatic carbocycles. The van der Waals surface area contributed by atoms with Crippen LogP contribution in [0.3, 0.4) is 0 Å². The monoisotopic (exact) mass is 165 g/mol. The van der Waals surface area contributed by atoms with Crippen LogP contribution in [-0.2, 0) is 13.5 Å². The minimum Gasteiger partial charge on any atom is -0.338 e. The number of imidazole rings is 1. The summed E-state index contributed by atoms with van der Waals surface area (Å²) in [7, 11) is 2.01. The molecule has 0 unspecified atom stereocenters. The Balaban J connectivity index is 2.24. The largest absolute Gasteiger partial charge is 0.338 e. The SMILES string of the molecule is C=CCNCCc1nccn1C. The van der Waals surface area contributed by atoms with Crippen molar-refractivity contribution in [2.24, 2.45) is 7.05 Å². The van der Waals surface area contributed by atoms with Gasteiger partial charge >= 0.3 is 0 Å². The number of rotatable bonds is 5. The van der Waals surface area contributed by atoms with Crippen molar-refractivity contribution in [1.82, 2.24) is 14.9 Å². The van der Waals surface area contributed by atoms with Crippen LogP contribution in [0.1, 0.15) is 5.82 Å². The van der Waals surface area contributed by atoms with Crippen molar-refractivity contribution in [3.05, 3.63) is 30.9 Å². The topological polar surface area (TPSA) is 29.9 Å². The van der Waals surface area contributed by atoms with E-state index >= 15 is 0 Å². The van der Waals surface area contributed by atoms with E-state index in [-0.39, 0.29) is 0 Å². The van der Waals surface area contributed by atoms with Crippen molar-refractivity contribution < 1.29 is 0 Å². The fraction of sp³-hybridized carbons (Fsp3) is 0.444. The van der Waals surface area contributed by atoms with Gasteiger partial charge < -0.3 is 9.88 Å². The summed E-state index contributed by atoms with van der Waals surface area (Å²) in [6, 6.07) is 0. The molecule has 1 rings (SSSR count). The third-order valence-electron chi connectivity index (χ3n) is 1.74. The number of nitrogens with one attached hydrogen (secondary N) is 1. The van der Waals surface area contributed by atoms with Crippen LogP contribution in [0.25, 0.3) is 0 Å². The number of nitrogens with zero attached hydrogens (tertiary/aromatic N) is 2. The highest BCUT2D eigenvalue weighted by atomic mass is 15.0. The third kappa shape index (κ3) is 2.51. The van der Waals surface area contributed by atoms with E-state index in [2.05, 4.69) is 16.9 Å². The summed E-state index contributed by atoms with van der Waals surface area (Å²) in [5.74, 6) is 1.12. The molecule has 1 aromatic heterocycles. The van der Waals surface area contributed by atoms with E-state index in [9.17, 15) is 0 Å². The fourth-order valence-corrected chi connectivity index (χ4v) is 1.04. The molecule has 0 aliphatic rings. The van der Waals surface area contributed by atoms with Gasteiger partial charge in [-0.2, -0.15) is 0 Å². The average Bonchev–Trinajstić information content (AvgIpc) is 2.46. The minimum atomic E-state index is 0.865. The molecule has 1 N–H and O–H groups in total. The van der Waals surface area contributed by atoms with Crippen LogP contribution < -0.4 is 5.32 Å². The quantitative estimate of drug-likeness (QED) is 0.515. The van der Waals surface area contributed by atoms with Gasteiger partial charge in [-0.05, 0) is 0 Å². The standard InChI is InChI=1S/C9H15N3/c1-3-5-10-6-4-9-11-7-8-12(9)2/h3,7-8,10H,1,4-6H2,2H3. The second-order valence-electron chi connectivity index (χ2n) is 2.70. The van der Waals surface area contributed by atoms with Crippen LogP contribution in [0.4, 0.5) is 0 Å². The Kier molecular flexibility index (Phi) is 3.54. The van der Waals surface area contributed by atoms with Gasteiger partial charge in [0.15, 0.2) is 0 Å². The summed E-state index contributed by atoms with van der Waals surface area (Å²) in [5.41, 5.74) is 0. The smallest absolute Gasteiger partial charge is 0.109 e. The van der Waals surface area contributed by atoms with Crippen LogP contribution in [0, 0.1) is 0 Å². The van der Waals surface area contributed by atoms with E-state index in [4.69, 9.17) is 0 Å². The third-order valence-corrected chi connectivity index (χ3v) is 1.74. The summed E-state index contributed by atoms with van der Waals surface area (Å²) >= 11 is 0. The fourth-order valence-electron chi connectivity index (χ4n) is 1.04. The molecule has 3 heteroatoms. The second-order valence-corrected chi connectivity index (χ2v) is 2.70. The molecule has 0 saturated heterocycles. The zero-order valence-electron chi connectivity index (χ0n) is 7.45. The van der Waals surface area contributed by atoms with E-state index in [1.807, 2.05) is 30.1 Å². The predicted octanol–water partition coefficient (Wildman–Crippen LogP) is 0.738. The highest BCUT2D eigenvalue weighted by Crippen LogP contribution is 1.93. The van der Waals surface area contributed by atoms with Crippen LogP contribution in [0.5, 0.6) is 0 Å². The van der Waals surface area contributed by atoms with Crippen LogP contribution in [-0.4, -0.2) is 22.6 Å². The van der Waals surface area contributed by atoms with Crippen LogP contribution in [0.2, 0.25) is 0 Å². The molecule has 66 valence electrons. The lowest BCUT2D eigenvalue weighted by Crippen LogP contribution is -2.18. The summed E-state index contributed by atoms with van der Waals surface area (Å²) in [6.07, 6.45) is 6.61. The van der Waals surface area contributed by atoms with Crippen molar-refractivity contribution >= 4 is 0 Å². The molecule has 0 saturated carbocycles. The van der Waals surface area contributed by atoms with Crippen molar-refractivity contribution in [2.75, 3.05) is 13.1 Å².